The van der Waals surface area contributed by atoms with Gasteiger partial charge in [0.2, 0.25) is 11.8 Å². The third-order valence-electron chi connectivity index (χ3n) is 5.00. The van der Waals surface area contributed by atoms with Crippen molar-refractivity contribution in [3.63, 3.8) is 0 Å². The van der Waals surface area contributed by atoms with Gasteiger partial charge in [-0.2, -0.15) is 5.10 Å². The summed E-state index contributed by atoms with van der Waals surface area (Å²) < 4.78 is 1.66. The van der Waals surface area contributed by atoms with E-state index in [-0.39, 0.29) is 11.8 Å². The zero-order valence-corrected chi connectivity index (χ0v) is 16.5. The number of anilines is 1. The maximum atomic E-state index is 12.5. The molecule has 0 radical (unpaired) electrons. The van der Waals surface area contributed by atoms with Crippen LogP contribution in [0, 0.1) is 0 Å². The van der Waals surface area contributed by atoms with Gasteiger partial charge < -0.3 is 20.4 Å². The highest BCUT2D eigenvalue weighted by Crippen LogP contribution is 2.16. The number of nitrogens with zero attached hydrogens (tertiary/aromatic N) is 4. The minimum Gasteiger partial charge on any atom is -0.368 e. The van der Waals surface area contributed by atoms with E-state index in [1.165, 1.54) is 5.69 Å². The summed E-state index contributed by atoms with van der Waals surface area (Å²) in [7, 11) is 3.54. The van der Waals surface area contributed by atoms with Gasteiger partial charge in [-0.05, 0) is 19.2 Å². The molecule has 2 aromatic rings. The highest BCUT2D eigenvalue weighted by molar-refractivity contribution is 5.84. The van der Waals surface area contributed by atoms with Gasteiger partial charge in [0.1, 0.15) is 6.04 Å². The van der Waals surface area contributed by atoms with Crippen LogP contribution in [0.15, 0.2) is 42.7 Å². The SMILES string of the molecule is CNC(C(=O)NCCC(=O)N1CCN(c2ccccc2)CC1)c1cnn(C)c1. The summed E-state index contributed by atoms with van der Waals surface area (Å²) >= 11 is 0. The molecule has 2 heterocycles. The zero-order chi connectivity index (χ0) is 19.9. The van der Waals surface area contributed by atoms with Crippen molar-refractivity contribution in [1.29, 1.82) is 0 Å². The van der Waals surface area contributed by atoms with Gasteiger partial charge in [0.05, 0.1) is 6.20 Å². The van der Waals surface area contributed by atoms with Gasteiger partial charge in [0.15, 0.2) is 0 Å². The topological polar surface area (TPSA) is 82.5 Å². The molecule has 1 aliphatic rings. The van der Waals surface area contributed by atoms with E-state index < -0.39 is 6.04 Å². The molecule has 2 amide bonds. The number of aromatic nitrogens is 2. The molecule has 0 saturated carbocycles. The van der Waals surface area contributed by atoms with Gasteiger partial charge in [-0.15, -0.1) is 0 Å². The number of carbonyl (C=O) groups excluding carboxylic acids is 2. The van der Waals surface area contributed by atoms with E-state index in [2.05, 4.69) is 32.8 Å². The molecule has 0 aliphatic carbocycles. The van der Waals surface area contributed by atoms with Crippen molar-refractivity contribution in [2.45, 2.75) is 12.5 Å². The Morgan fingerprint density at radius 3 is 2.46 bits per heavy atom. The predicted molar refractivity (Wildman–Crippen MR) is 108 cm³/mol. The lowest BCUT2D eigenvalue weighted by Crippen LogP contribution is -2.49. The molecule has 2 N–H and O–H groups in total. The number of carbonyl (C=O) groups is 2. The third-order valence-corrected chi connectivity index (χ3v) is 5.00. The van der Waals surface area contributed by atoms with Crippen LogP contribution in [0.4, 0.5) is 5.69 Å². The molecule has 1 fully saturated rings. The van der Waals surface area contributed by atoms with Gasteiger partial charge in [-0.3, -0.25) is 14.3 Å². The van der Waals surface area contributed by atoms with E-state index in [9.17, 15) is 9.59 Å². The maximum absolute atomic E-state index is 12.5. The summed E-state index contributed by atoms with van der Waals surface area (Å²) in [5.74, 6) is -0.0763. The van der Waals surface area contributed by atoms with Gasteiger partial charge in [0.25, 0.3) is 0 Å². The number of nitrogens with one attached hydrogen (secondary N) is 2. The minimum absolute atomic E-state index is 0.0791. The number of hydrogen-bond acceptors (Lipinski definition) is 5. The lowest BCUT2D eigenvalue weighted by molar-refractivity contribution is -0.131. The molecule has 8 heteroatoms. The molecule has 1 unspecified atom stereocenters. The van der Waals surface area contributed by atoms with E-state index in [0.29, 0.717) is 26.1 Å². The molecule has 1 aromatic heterocycles. The molecule has 28 heavy (non-hydrogen) atoms. The molecule has 0 spiro atoms. The second-order valence-electron chi connectivity index (χ2n) is 6.91. The molecule has 3 rings (SSSR count). The number of likely N-dealkylation sites (N-methyl/N-ethyl adjacent to an activating group) is 1. The number of amides is 2. The first-order chi connectivity index (χ1) is 13.6. The Morgan fingerprint density at radius 1 is 1.14 bits per heavy atom. The van der Waals surface area contributed by atoms with Gasteiger partial charge in [-0.25, -0.2) is 0 Å². The van der Waals surface area contributed by atoms with Crippen molar-refractivity contribution < 1.29 is 9.59 Å². The first-order valence-electron chi connectivity index (χ1n) is 9.60. The predicted octanol–water partition coefficient (Wildman–Crippen LogP) is 0.536. The third kappa shape index (κ3) is 4.89. The number of rotatable bonds is 7. The molecule has 8 nitrogen and oxygen atoms in total. The van der Waals surface area contributed by atoms with Crippen molar-refractivity contribution in [2.75, 3.05) is 44.7 Å². The van der Waals surface area contributed by atoms with E-state index in [1.54, 1.807) is 24.1 Å². The number of para-hydroxylation sites is 1. The summed E-state index contributed by atoms with van der Waals surface area (Å²) in [5, 5.41) is 9.93. The van der Waals surface area contributed by atoms with Crippen LogP contribution in [0.2, 0.25) is 0 Å². The van der Waals surface area contributed by atoms with E-state index in [0.717, 1.165) is 18.7 Å². The smallest absolute Gasteiger partial charge is 0.241 e. The second-order valence-corrected chi connectivity index (χ2v) is 6.91. The largest absolute Gasteiger partial charge is 0.368 e. The summed E-state index contributed by atoms with van der Waals surface area (Å²) in [4.78, 5) is 29.0. The standard InChI is InChI=1S/C20H28N6O2/c1-21-19(16-14-23-24(2)15-16)20(28)22-9-8-18(27)26-12-10-25(11-13-26)17-6-4-3-5-7-17/h3-7,14-15,19,21H,8-13H2,1-2H3,(H,22,28). The lowest BCUT2D eigenvalue weighted by atomic mass is 10.1. The van der Waals surface area contributed by atoms with Crippen LogP contribution in [-0.4, -0.2) is 66.3 Å². The Kier molecular flexibility index (Phi) is 6.65. The van der Waals surface area contributed by atoms with E-state index >= 15 is 0 Å². The van der Waals surface area contributed by atoms with Crippen LogP contribution in [0.3, 0.4) is 0 Å². The number of aryl methyl sites for hydroxylation is 1. The highest BCUT2D eigenvalue weighted by atomic mass is 16.2. The van der Waals surface area contributed by atoms with Crippen molar-refractivity contribution in [3.8, 4) is 0 Å². The van der Waals surface area contributed by atoms with Gasteiger partial charge in [0, 0.05) is 63.6 Å². The quantitative estimate of drug-likeness (QED) is 0.728. The Hall–Kier alpha value is -2.87. The second kappa shape index (κ2) is 9.36. The Labute approximate surface area is 165 Å². The van der Waals surface area contributed by atoms with Crippen molar-refractivity contribution in [3.05, 3.63) is 48.3 Å². The van der Waals surface area contributed by atoms with E-state index in [4.69, 9.17) is 0 Å². The molecular weight excluding hydrogens is 356 g/mol. The summed E-state index contributed by atoms with van der Waals surface area (Å²) in [6, 6.07) is 9.77. The number of benzene rings is 1. The Balaban J connectivity index is 1.41. The van der Waals surface area contributed by atoms with Crippen LogP contribution < -0.4 is 15.5 Å². The Bertz CT molecular complexity index is 783. The molecule has 1 aromatic carbocycles. The fraction of sp³-hybridized carbons (Fsp3) is 0.450. The molecule has 1 saturated heterocycles. The maximum Gasteiger partial charge on any atom is 0.241 e. The van der Waals surface area contributed by atoms with Crippen LogP contribution >= 0.6 is 0 Å². The molecule has 1 aliphatic heterocycles. The highest BCUT2D eigenvalue weighted by Gasteiger charge is 2.23. The average molecular weight is 384 g/mol. The van der Waals surface area contributed by atoms with Crippen LogP contribution in [0.1, 0.15) is 18.0 Å². The van der Waals surface area contributed by atoms with Crippen molar-refractivity contribution in [2.24, 2.45) is 7.05 Å². The first-order valence-corrected chi connectivity index (χ1v) is 9.60. The molecular formula is C20H28N6O2. The normalized spacial score (nSPS) is 15.4. The average Bonchev–Trinajstić information content (AvgIpc) is 3.15. The van der Waals surface area contributed by atoms with Gasteiger partial charge in [-0.1, -0.05) is 18.2 Å². The van der Waals surface area contributed by atoms with Crippen LogP contribution in [-0.2, 0) is 16.6 Å². The number of piperazine rings is 1. The first kappa shape index (κ1) is 19.9. The fourth-order valence-electron chi connectivity index (χ4n) is 3.44. The number of hydrogen-bond donors (Lipinski definition) is 2. The molecule has 1 atom stereocenters. The summed E-state index contributed by atoms with van der Waals surface area (Å²) in [5.41, 5.74) is 1.99. The summed E-state index contributed by atoms with van der Waals surface area (Å²) in [6.45, 7) is 3.39. The van der Waals surface area contributed by atoms with Crippen LogP contribution in [0.25, 0.3) is 0 Å². The minimum atomic E-state index is -0.474. The van der Waals surface area contributed by atoms with Gasteiger partial charge >= 0.3 is 0 Å². The van der Waals surface area contributed by atoms with Crippen molar-refractivity contribution >= 4 is 17.5 Å². The van der Waals surface area contributed by atoms with Crippen molar-refractivity contribution in [1.82, 2.24) is 25.3 Å². The lowest BCUT2D eigenvalue weighted by Gasteiger charge is -2.36. The molecule has 150 valence electrons. The zero-order valence-electron chi connectivity index (χ0n) is 16.5. The van der Waals surface area contributed by atoms with E-state index in [1.807, 2.05) is 30.1 Å². The molecule has 0 bridgehead atoms. The Morgan fingerprint density at radius 2 is 1.86 bits per heavy atom. The monoisotopic (exact) mass is 384 g/mol. The fourth-order valence-corrected chi connectivity index (χ4v) is 3.44. The van der Waals surface area contributed by atoms with Crippen LogP contribution in [0.5, 0.6) is 0 Å². The summed E-state index contributed by atoms with van der Waals surface area (Å²) in [6.07, 6.45) is 3.77.